The van der Waals surface area contributed by atoms with Crippen LogP contribution in [0.1, 0.15) is 24.4 Å². The second-order valence-electron chi connectivity index (χ2n) is 5.39. The first-order chi connectivity index (χ1) is 11.0. The molecule has 0 saturated carbocycles. The number of carbonyl (C=O) groups is 2. The Bertz CT molecular complexity index is 648. The van der Waals surface area contributed by atoms with Crippen molar-refractivity contribution in [2.45, 2.75) is 19.9 Å². The lowest BCUT2D eigenvalue weighted by atomic mass is 10.0. The Balaban J connectivity index is 2.04. The van der Waals surface area contributed by atoms with Crippen LogP contribution in [-0.4, -0.2) is 25.0 Å². The lowest BCUT2D eigenvalue weighted by molar-refractivity contribution is -0.118. The Kier molecular flexibility index (Phi) is 5.41. The van der Waals surface area contributed by atoms with Crippen molar-refractivity contribution in [1.29, 1.82) is 0 Å². The number of nitrogens with one attached hydrogen (secondary N) is 2. The fourth-order valence-corrected chi connectivity index (χ4v) is 2.05. The molecule has 0 aliphatic rings. The van der Waals surface area contributed by atoms with Crippen molar-refractivity contribution in [3.63, 3.8) is 0 Å². The minimum absolute atomic E-state index is 0.0767. The summed E-state index contributed by atoms with van der Waals surface area (Å²) in [6, 6.07) is 9.48. The molecule has 122 valence electrons. The minimum atomic E-state index is -0.672. The zero-order valence-electron chi connectivity index (χ0n) is 13.3. The fourth-order valence-electron chi connectivity index (χ4n) is 2.05. The van der Waals surface area contributed by atoms with Crippen LogP contribution < -0.4 is 15.4 Å². The van der Waals surface area contributed by atoms with E-state index >= 15 is 0 Å². The van der Waals surface area contributed by atoms with E-state index in [1.54, 1.807) is 43.5 Å². The summed E-state index contributed by atoms with van der Waals surface area (Å²) in [6.07, 6.45) is 1.41. The lowest BCUT2D eigenvalue weighted by Gasteiger charge is -2.21. The molecule has 1 unspecified atom stereocenters. The lowest BCUT2D eigenvalue weighted by Crippen LogP contribution is -2.47. The third-order valence-electron chi connectivity index (χ3n) is 3.34. The summed E-state index contributed by atoms with van der Waals surface area (Å²) in [5.74, 6) is 0.0956. The molecule has 2 aromatic rings. The highest BCUT2D eigenvalue weighted by Gasteiger charge is 2.25. The summed E-state index contributed by atoms with van der Waals surface area (Å²) >= 11 is 0. The van der Waals surface area contributed by atoms with Gasteiger partial charge in [0.2, 0.25) is 5.91 Å². The predicted molar refractivity (Wildman–Crippen MR) is 86.4 cm³/mol. The van der Waals surface area contributed by atoms with Gasteiger partial charge in [-0.05, 0) is 42.3 Å². The van der Waals surface area contributed by atoms with E-state index in [1.807, 2.05) is 13.8 Å². The number of amides is 2. The summed E-state index contributed by atoms with van der Waals surface area (Å²) in [5, 5.41) is 5.48. The van der Waals surface area contributed by atoms with Gasteiger partial charge in [0.1, 0.15) is 11.8 Å². The molecule has 0 saturated heterocycles. The van der Waals surface area contributed by atoms with Crippen molar-refractivity contribution in [2.75, 3.05) is 12.4 Å². The van der Waals surface area contributed by atoms with Gasteiger partial charge in [-0.2, -0.15) is 0 Å². The molecule has 0 bridgehead atoms. The summed E-state index contributed by atoms with van der Waals surface area (Å²) in [6.45, 7) is 3.72. The van der Waals surface area contributed by atoms with Gasteiger partial charge in [-0.1, -0.05) is 13.8 Å². The average Bonchev–Trinajstić information content (AvgIpc) is 3.07. The zero-order chi connectivity index (χ0) is 16.8. The molecule has 0 spiro atoms. The Labute approximate surface area is 134 Å². The van der Waals surface area contributed by atoms with Crippen molar-refractivity contribution in [3.8, 4) is 5.75 Å². The minimum Gasteiger partial charge on any atom is -0.497 e. The number of carbonyl (C=O) groups excluding carboxylic acids is 2. The first kappa shape index (κ1) is 16.6. The van der Waals surface area contributed by atoms with Crippen LogP contribution in [0.4, 0.5) is 5.69 Å². The van der Waals surface area contributed by atoms with Crippen LogP contribution in [0.3, 0.4) is 0 Å². The molecule has 6 nitrogen and oxygen atoms in total. The number of furan rings is 1. The van der Waals surface area contributed by atoms with Gasteiger partial charge < -0.3 is 19.8 Å². The van der Waals surface area contributed by atoms with E-state index in [-0.39, 0.29) is 17.6 Å². The number of hydrogen-bond acceptors (Lipinski definition) is 4. The van der Waals surface area contributed by atoms with Crippen LogP contribution in [0.5, 0.6) is 5.75 Å². The average molecular weight is 316 g/mol. The molecule has 2 rings (SSSR count). The third-order valence-corrected chi connectivity index (χ3v) is 3.34. The molecule has 1 heterocycles. The molecule has 0 fully saturated rings. The van der Waals surface area contributed by atoms with Crippen molar-refractivity contribution in [3.05, 3.63) is 48.4 Å². The molecule has 23 heavy (non-hydrogen) atoms. The van der Waals surface area contributed by atoms with Crippen LogP contribution in [0.25, 0.3) is 0 Å². The molecule has 0 radical (unpaired) electrons. The molecule has 0 aliphatic carbocycles. The largest absolute Gasteiger partial charge is 0.497 e. The van der Waals surface area contributed by atoms with Gasteiger partial charge in [0, 0.05) is 5.69 Å². The monoisotopic (exact) mass is 316 g/mol. The van der Waals surface area contributed by atoms with Gasteiger partial charge in [0.25, 0.3) is 5.91 Å². The van der Waals surface area contributed by atoms with Gasteiger partial charge >= 0.3 is 0 Å². The smallest absolute Gasteiger partial charge is 0.287 e. The van der Waals surface area contributed by atoms with E-state index in [0.717, 1.165) is 0 Å². The molecule has 6 heteroatoms. The summed E-state index contributed by atoms with van der Waals surface area (Å²) in [5.41, 5.74) is 0.633. The van der Waals surface area contributed by atoms with Gasteiger partial charge in [-0.15, -0.1) is 0 Å². The topological polar surface area (TPSA) is 80.6 Å². The van der Waals surface area contributed by atoms with E-state index in [0.29, 0.717) is 11.4 Å². The second kappa shape index (κ2) is 7.49. The molecule has 1 aromatic carbocycles. The van der Waals surface area contributed by atoms with Crippen molar-refractivity contribution in [2.24, 2.45) is 5.92 Å². The van der Waals surface area contributed by atoms with E-state index < -0.39 is 11.9 Å². The summed E-state index contributed by atoms with van der Waals surface area (Å²) in [4.78, 5) is 24.5. The van der Waals surface area contributed by atoms with Crippen LogP contribution in [0.15, 0.2) is 47.1 Å². The van der Waals surface area contributed by atoms with E-state index in [4.69, 9.17) is 9.15 Å². The maximum absolute atomic E-state index is 12.4. The molecular weight excluding hydrogens is 296 g/mol. The highest BCUT2D eigenvalue weighted by molar-refractivity contribution is 6.00. The molecule has 2 amide bonds. The van der Waals surface area contributed by atoms with E-state index in [1.165, 1.54) is 6.26 Å². The van der Waals surface area contributed by atoms with Crippen molar-refractivity contribution in [1.82, 2.24) is 5.32 Å². The van der Waals surface area contributed by atoms with Gasteiger partial charge in [0.05, 0.1) is 13.4 Å². The first-order valence-corrected chi connectivity index (χ1v) is 7.30. The Morgan fingerprint density at radius 3 is 2.35 bits per heavy atom. The van der Waals surface area contributed by atoms with Crippen molar-refractivity contribution < 1.29 is 18.7 Å². The molecule has 0 aliphatic heterocycles. The third kappa shape index (κ3) is 4.35. The summed E-state index contributed by atoms with van der Waals surface area (Å²) < 4.78 is 10.1. The molecule has 1 atom stereocenters. The quantitative estimate of drug-likeness (QED) is 0.858. The van der Waals surface area contributed by atoms with E-state index in [2.05, 4.69) is 10.6 Å². The highest BCUT2D eigenvalue weighted by atomic mass is 16.5. The number of methoxy groups -OCH3 is 1. The normalized spacial score (nSPS) is 11.8. The van der Waals surface area contributed by atoms with Crippen molar-refractivity contribution >= 4 is 17.5 Å². The number of ether oxygens (including phenoxy) is 1. The van der Waals surface area contributed by atoms with Crippen LogP contribution in [0, 0.1) is 5.92 Å². The zero-order valence-corrected chi connectivity index (χ0v) is 13.3. The fraction of sp³-hybridized carbons (Fsp3) is 0.294. The van der Waals surface area contributed by atoms with Gasteiger partial charge in [-0.25, -0.2) is 0 Å². The molecular formula is C17H20N2O4. The van der Waals surface area contributed by atoms with Gasteiger partial charge in [0.15, 0.2) is 5.76 Å². The Hall–Kier alpha value is -2.76. The summed E-state index contributed by atoms with van der Waals surface area (Å²) in [7, 11) is 1.58. The Morgan fingerprint density at radius 2 is 1.83 bits per heavy atom. The first-order valence-electron chi connectivity index (χ1n) is 7.30. The maximum Gasteiger partial charge on any atom is 0.287 e. The highest BCUT2D eigenvalue weighted by Crippen LogP contribution is 2.16. The number of hydrogen-bond donors (Lipinski definition) is 2. The number of anilines is 1. The Morgan fingerprint density at radius 1 is 1.13 bits per heavy atom. The predicted octanol–water partition coefficient (Wildman–Crippen LogP) is 2.68. The second-order valence-corrected chi connectivity index (χ2v) is 5.39. The maximum atomic E-state index is 12.4. The standard InChI is InChI=1S/C17H20N2O4/c1-11(2)15(19-16(20)14-5-4-10-23-14)17(21)18-12-6-8-13(22-3)9-7-12/h4-11,15H,1-3H3,(H,18,21)(H,19,20). The van der Waals surface area contributed by atoms with Crippen LogP contribution in [-0.2, 0) is 4.79 Å². The number of benzene rings is 1. The van der Waals surface area contributed by atoms with Gasteiger partial charge in [-0.3, -0.25) is 9.59 Å². The van der Waals surface area contributed by atoms with E-state index in [9.17, 15) is 9.59 Å². The molecule has 1 aromatic heterocycles. The molecule has 2 N–H and O–H groups in total. The number of rotatable bonds is 6. The van der Waals surface area contributed by atoms with Crippen LogP contribution >= 0.6 is 0 Å². The SMILES string of the molecule is COc1ccc(NC(=O)C(NC(=O)c2ccco2)C(C)C)cc1. The van der Waals surface area contributed by atoms with Crippen LogP contribution in [0.2, 0.25) is 0 Å².